The number of nitrogens with two attached hydrogens (primary N) is 1. The van der Waals surface area contributed by atoms with Crippen LogP contribution in [0.3, 0.4) is 0 Å². The molecule has 0 atom stereocenters. The van der Waals surface area contributed by atoms with Crippen LogP contribution in [0.25, 0.3) is 22.4 Å². The predicted octanol–water partition coefficient (Wildman–Crippen LogP) is 3.07. The first-order valence-corrected chi connectivity index (χ1v) is 10.6. The van der Waals surface area contributed by atoms with Gasteiger partial charge in [-0.2, -0.15) is 10.4 Å². The van der Waals surface area contributed by atoms with Crippen LogP contribution in [0.1, 0.15) is 5.56 Å². The molecule has 172 valence electrons. The van der Waals surface area contributed by atoms with Gasteiger partial charge in [0.15, 0.2) is 0 Å². The molecule has 9 heteroatoms. The third-order valence-corrected chi connectivity index (χ3v) is 5.14. The summed E-state index contributed by atoms with van der Waals surface area (Å²) in [6.07, 6.45) is 0. The smallest absolute Gasteiger partial charge is 0.338 e. The first-order valence-electron chi connectivity index (χ1n) is 10.6. The molecule has 4 rings (SSSR count). The monoisotopic (exact) mass is 464 g/mol. The Bertz CT molecular complexity index is 1460. The lowest BCUT2D eigenvalue weighted by molar-refractivity contribution is -0.121. The van der Waals surface area contributed by atoms with Crippen LogP contribution < -0.4 is 21.7 Å². The van der Waals surface area contributed by atoms with E-state index in [1.165, 1.54) is 0 Å². The number of rotatable bonds is 5. The number of aromatic nitrogens is 2. The van der Waals surface area contributed by atoms with E-state index in [-0.39, 0.29) is 5.56 Å². The molecule has 4 aromatic rings. The van der Waals surface area contributed by atoms with E-state index in [1.54, 1.807) is 66.7 Å². The third-order valence-electron chi connectivity index (χ3n) is 5.14. The molecule has 0 bridgehead atoms. The van der Waals surface area contributed by atoms with E-state index < -0.39 is 24.0 Å². The lowest BCUT2D eigenvalue weighted by atomic mass is 9.96. The molecular weight excluding hydrogens is 444 g/mol. The Kier molecular flexibility index (Phi) is 6.65. The minimum Gasteiger partial charge on any atom is -0.350 e. The number of carbonyl (C=O) groups is 2. The summed E-state index contributed by atoms with van der Waals surface area (Å²) in [6, 6.07) is 27.4. The predicted molar refractivity (Wildman–Crippen MR) is 131 cm³/mol. The Morgan fingerprint density at radius 1 is 0.914 bits per heavy atom. The first-order chi connectivity index (χ1) is 17.0. The molecule has 0 aliphatic carbocycles. The Hall–Kier alpha value is -5.23. The van der Waals surface area contributed by atoms with Crippen LogP contribution in [0.15, 0.2) is 95.8 Å². The Balaban J connectivity index is 1.77. The summed E-state index contributed by atoms with van der Waals surface area (Å²) in [5.74, 6) is -0.724. The SMILES string of the molecule is N#Cc1c(-c2ccccc2)c(-c2ccccc2)nn(CC(=O)NN(C(N)=O)c2ccccc2)c1=O. The second-order valence-electron chi connectivity index (χ2n) is 7.45. The number of nitrogens with one attached hydrogen (secondary N) is 1. The zero-order chi connectivity index (χ0) is 24.8. The van der Waals surface area contributed by atoms with E-state index in [0.717, 1.165) is 9.69 Å². The standard InChI is InChI=1S/C26H20N6O3/c27-16-21-23(18-10-4-1-5-11-18)24(19-12-6-2-7-13-19)30-31(25(21)34)17-22(33)29-32(26(28)35)20-14-8-3-9-15-20/h1-15H,17H2,(H2,28,35)(H,29,33). The van der Waals surface area contributed by atoms with E-state index in [9.17, 15) is 19.6 Å². The van der Waals surface area contributed by atoms with Crippen molar-refractivity contribution in [2.75, 3.05) is 5.01 Å². The number of para-hydroxylation sites is 1. The Labute approximate surface area is 200 Å². The van der Waals surface area contributed by atoms with E-state index in [4.69, 9.17) is 5.73 Å². The number of nitrogens with zero attached hydrogens (tertiary/aromatic N) is 4. The molecule has 3 aromatic carbocycles. The molecule has 35 heavy (non-hydrogen) atoms. The summed E-state index contributed by atoms with van der Waals surface area (Å²) in [4.78, 5) is 37.9. The lowest BCUT2D eigenvalue weighted by Crippen LogP contribution is -2.50. The molecule has 0 spiro atoms. The number of amides is 3. The van der Waals surface area contributed by atoms with Crippen molar-refractivity contribution in [2.24, 2.45) is 5.73 Å². The van der Waals surface area contributed by atoms with Gasteiger partial charge in [-0.25, -0.2) is 14.5 Å². The zero-order valence-corrected chi connectivity index (χ0v) is 18.5. The van der Waals surface area contributed by atoms with Crippen LogP contribution in [0.4, 0.5) is 10.5 Å². The maximum absolute atomic E-state index is 13.2. The normalized spacial score (nSPS) is 10.3. The molecular formula is C26H20N6O3. The average molecular weight is 464 g/mol. The van der Waals surface area contributed by atoms with Gasteiger partial charge in [-0.05, 0) is 17.7 Å². The highest BCUT2D eigenvalue weighted by molar-refractivity contribution is 5.94. The van der Waals surface area contributed by atoms with Crippen molar-refractivity contribution in [2.45, 2.75) is 6.54 Å². The molecule has 3 amide bonds. The van der Waals surface area contributed by atoms with Crippen molar-refractivity contribution >= 4 is 17.6 Å². The van der Waals surface area contributed by atoms with Crippen LogP contribution in [-0.2, 0) is 11.3 Å². The van der Waals surface area contributed by atoms with E-state index in [1.807, 2.05) is 30.3 Å². The highest BCUT2D eigenvalue weighted by atomic mass is 16.2. The largest absolute Gasteiger partial charge is 0.350 e. The topological polar surface area (TPSA) is 134 Å². The first kappa shape index (κ1) is 22.9. The molecule has 0 unspecified atom stereocenters. The highest BCUT2D eigenvalue weighted by Crippen LogP contribution is 2.31. The molecule has 0 saturated heterocycles. The van der Waals surface area contributed by atoms with Crippen molar-refractivity contribution < 1.29 is 9.59 Å². The maximum atomic E-state index is 13.2. The van der Waals surface area contributed by atoms with Gasteiger partial charge in [0.2, 0.25) is 0 Å². The van der Waals surface area contributed by atoms with Gasteiger partial charge in [0, 0.05) is 11.1 Å². The number of carbonyl (C=O) groups excluding carboxylic acids is 2. The van der Waals surface area contributed by atoms with Gasteiger partial charge < -0.3 is 5.73 Å². The number of urea groups is 1. The number of hydrogen-bond acceptors (Lipinski definition) is 5. The van der Waals surface area contributed by atoms with Gasteiger partial charge in [-0.15, -0.1) is 0 Å². The molecule has 1 aromatic heterocycles. The lowest BCUT2D eigenvalue weighted by Gasteiger charge is -2.21. The molecule has 1 heterocycles. The molecule has 3 N–H and O–H groups in total. The van der Waals surface area contributed by atoms with Gasteiger partial charge in [-0.3, -0.25) is 15.0 Å². The number of nitriles is 1. The average Bonchev–Trinajstić information content (AvgIpc) is 2.89. The van der Waals surface area contributed by atoms with Gasteiger partial charge in [-0.1, -0.05) is 78.9 Å². The van der Waals surface area contributed by atoms with Crippen LogP contribution in [-0.4, -0.2) is 21.7 Å². The second kappa shape index (κ2) is 10.1. The number of primary amides is 1. The van der Waals surface area contributed by atoms with Crippen molar-refractivity contribution in [1.29, 1.82) is 5.26 Å². The van der Waals surface area contributed by atoms with Crippen molar-refractivity contribution in [1.82, 2.24) is 15.2 Å². The molecule has 0 radical (unpaired) electrons. The quantitative estimate of drug-likeness (QED) is 0.438. The number of hydrogen-bond donors (Lipinski definition) is 2. The van der Waals surface area contributed by atoms with E-state index in [0.29, 0.717) is 28.1 Å². The maximum Gasteiger partial charge on any atom is 0.338 e. The fraction of sp³-hybridized carbons (Fsp3) is 0.0385. The second-order valence-corrected chi connectivity index (χ2v) is 7.45. The Morgan fingerprint density at radius 3 is 2.00 bits per heavy atom. The fourth-order valence-corrected chi connectivity index (χ4v) is 3.59. The van der Waals surface area contributed by atoms with Crippen LogP contribution >= 0.6 is 0 Å². The highest BCUT2D eigenvalue weighted by Gasteiger charge is 2.22. The van der Waals surface area contributed by atoms with Crippen molar-refractivity contribution in [3.8, 4) is 28.5 Å². The summed E-state index contributed by atoms with van der Waals surface area (Å²) in [6.45, 7) is -0.543. The molecule has 9 nitrogen and oxygen atoms in total. The molecule has 0 aliphatic rings. The Morgan fingerprint density at radius 2 is 1.46 bits per heavy atom. The number of anilines is 1. The summed E-state index contributed by atoms with van der Waals surface area (Å²) in [7, 11) is 0. The van der Waals surface area contributed by atoms with Crippen LogP contribution in [0.2, 0.25) is 0 Å². The minimum absolute atomic E-state index is 0.146. The number of benzene rings is 3. The minimum atomic E-state index is -0.910. The van der Waals surface area contributed by atoms with Crippen molar-refractivity contribution in [3.63, 3.8) is 0 Å². The zero-order valence-electron chi connectivity index (χ0n) is 18.5. The fourth-order valence-electron chi connectivity index (χ4n) is 3.59. The summed E-state index contributed by atoms with van der Waals surface area (Å²) in [5.41, 5.74) is 9.33. The van der Waals surface area contributed by atoms with E-state index in [2.05, 4.69) is 10.5 Å². The van der Waals surface area contributed by atoms with Gasteiger partial charge >= 0.3 is 6.03 Å². The molecule has 0 aliphatic heterocycles. The van der Waals surface area contributed by atoms with Crippen LogP contribution in [0, 0.1) is 11.3 Å². The van der Waals surface area contributed by atoms with Gasteiger partial charge in [0.05, 0.1) is 5.69 Å². The molecule has 0 fully saturated rings. The number of hydrazine groups is 1. The third kappa shape index (κ3) is 4.91. The molecule has 0 saturated carbocycles. The van der Waals surface area contributed by atoms with Crippen LogP contribution in [0.5, 0.6) is 0 Å². The summed E-state index contributed by atoms with van der Waals surface area (Å²) < 4.78 is 0.910. The van der Waals surface area contributed by atoms with Crippen molar-refractivity contribution in [3.05, 3.63) is 107 Å². The van der Waals surface area contributed by atoms with Gasteiger partial charge in [0.25, 0.3) is 11.5 Å². The van der Waals surface area contributed by atoms with Gasteiger partial charge in [0.1, 0.15) is 23.9 Å². The summed E-state index contributed by atoms with van der Waals surface area (Å²) in [5, 5.41) is 15.2. The summed E-state index contributed by atoms with van der Waals surface area (Å²) >= 11 is 0. The van der Waals surface area contributed by atoms with E-state index >= 15 is 0 Å².